The molecule has 4 aromatic rings. The first-order valence-corrected chi connectivity index (χ1v) is 8.91. The molecular formula is C21H18F3N3O. The van der Waals surface area contributed by atoms with Gasteiger partial charge in [-0.3, -0.25) is 0 Å². The first kappa shape index (κ1) is 18.3. The maximum absolute atomic E-state index is 13.1. The second-order valence-corrected chi connectivity index (χ2v) is 6.97. The Morgan fingerprint density at radius 2 is 1.79 bits per heavy atom. The molecule has 0 spiro atoms. The lowest BCUT2D eigenvalue weighted by molar-refractivity contribution is -0.137. The average molecular weight is 385 g/mol. The van der Waals surface area contributed by atoms with E-state index in [-0.39, 0.29) is 12.5 Å². The molecular weight excluding hydrogens is 367 g/mol. The minimum Gasteiger partial charge on any atom is -0.419 e. The van der Waals surface area contributed by atoms with E-state index in [2.05, 4.69) is 10.2 Å². The fourth-order valence-electron chi connectivity index (χ4n) is 3.16. The first-order chi connectivity index (χ1) is 13.3. The molecule has 4 rings (SSSR count). The van der Waals surface area contributed by atoms with Crippen LogP contribution in [0, 0.1) is 0 Å². The van der Waals surface area contributed by atoms with Crippen LogP contribution in [0.5, 0.6) is 0 Å². The van der Waals surface area contributed by atoms with E-state index >= 15 is 0 Å². The van der Waals surface area contributed by atoms with E-state index in [9.17, 15) is 13.2 Å². The van der Waals surface area contributed by atoms with Crippen molar-refractivity contribution in [3.63, 3.8) is 0 Å². The molecule has 0 aliphatic rings. The number of halogens is 3. The summed E-state index contributed by atoms with van der Waals surface area (Å²) in [6.45, 7) is 4.16. The van der Waals surface area contributed by atoms with Crippen molar-refractivity contribution in [3.05, 3.63) is 71.6 Å². The minimum absolute atomic E-state index is 0.0857. The molecule has 144 valence electrons. The zero-order valence-electron chi connectivity index (χ0n) is 15.4. The highest BCUT2D eigenvalue weighted by Crippen LogP contribution is 2.32. The van der Waals surface area contributed by atoms with Crippen molar-refractivity contribution in [1.29, 1.82) is 0 Å². The molecule has 2 heterocycles. The molecule has 2 aromatic carbocycles. The molecule has 0 fully saturated rings. The maximum atomic E-state index is 13.1. The van der Waals surface area contributed by atoms with Gasteiger partial charge in [-0.1, -0.05) is 44.2 Å². The predicted molar refractivity (Wildman–Crippen MR) is 99.9 cm³/mol. The molecule has 0 atom stereocenters. The van der Waals surface area contributed by atoms with Crippen molar-refractivity contribution in [2.75, 3.05) is 0 Å². The van der Waals surface area contributed by atoms with Crippen LogP contribution in [0.3, 0.4) is 0 Å². The number of para-hydroxylation sites is 1. The van der Waals surface area contributed by atoms with E-state index < -0.39 is 11.7 Å². The van der Waals surface area contributed by atoms with Crippen molar-refractivity contribution in [2.45, 2.75) is 32.5 Å². The molecule has 0 saturated carbocycles. The molecule has 0 aliphatic heterocycles. The van der Waals surface area contributed by atoms with Crippen molar-refractivity contribution in [2.24, 2.45) is 0 Å². The number of fused-ring (bicyclic) bond motifs is 1. The number of nitrogens with zero attached hydrogens (tertiary/aromatic N) is 3. The minimum atomic E-state index is -4.38. The summed E-state index contributed by atoms with van der Waals surface area (Å²) in [6, 6.07) is 14.9. The molecule has 0 bridgehead atoms. The van der Waals surface area contributed by atoms with E-state index in [1.165, 1.54) is 12.1 Å². The normalized spacial score (nSPS) is 12.2. The zero-order valence-corrected chi connectivity index (χ0v) is 15.4. The number of rotatable bonds is 4. The number of benzene rings is 2. The van der Waals surface area contributed by atoms with Gasteiger partial charge in [0.15, 0.2) is 0 Å². The zero-order chi connectivity index (χ0) is 19.9. The molecule has 0 saturated heterocycles. The van der Waals surface area contributed by atoms with Gasteiger partial charge < -0.3 is 8.98 Å². The average Bonchev–Trinajstić information content (AvgIpc) is 3.27. The van der Waals surface area contributed by atoms with Gasteiger partial charge in [0, 0.05) is 23.4 Å². The molecule has 2 aromatic heterocycles. The van der Waals surface area contributed by atoms with Crippen LogP contribution in [0.4, 0.5) is 13.2 Å². The molecule has 0 unspecified atom stereocenters. The van der Waals surface area contributed by atoms with Crippen molar-refractivity contribution >= 4 is 10.9 Å². The van der Waals surface area contributed by atoms with Crippen molar-refractivity contribution in [1.82, 2.24) is 14.8 Å². The van der Waals surface area contributed by atoms with E-state index in [0.717, 1.165) is 17.0 Å². The summed E-state index contributed by atoms with van der Waals surface area (Å²) >= 11 is 0. The standard InChI is InChI=1S/C21H18F3N3O/c1-13(2)19-25-26-20(28-19)18-11-15-7-3-4-9-17(15)27(18)12-14-6-5-8-16(10-14)21(22,23)24/h3-11,13H,12H2,1-2H3. The monoisotopic (exact) mass is 385 g/mol. The Hall–Kier alpha value is -3.09. The first-order valence-electron chi connectivity index (χ1n) is 8.91. The highest BCUT2D eigenvalue weighted by molar-refractivity contribution is 5.85. The summed E-state index contributed by atoms with van der Waals surface area (Å²) in [5.41, 5.74) is 1.45. The lowest BCUT2D eigenvalue weighted by Gasteiger charge is -2.12. The van der Waals surface area contributed by atoms with Crippen molar-refractivity contribution in [3.8, 4) is 11.6 Å². The van der Waals surface area contributed by atoms with Gasteiger partial charge in [-0.25, -0.2) is 0 Å². The van der Waals surface area contributed by atoms with Crippen LogP contribution in [-0.4, -0.2) is 14.8 Å². The lowest BCUT2D eigenvalue weighted by Crippen LogP contribution is -2.07. The molecule has 7 heteroatoms. The summed E-state index contributed by atoms with van der Waals surface area (Å²) in [5.74, 6) is 0.959. The van der Waals surface area contributed by atoms with Gasteiger partial charge in [0.1, 0.15) is 5.69 Å². The van der Waals surface area contributed by atoms with Gasteiger partial charge in [-0.2, -0.15) is 13.2 Å². The van der Waals surface area contributed by atoms with E-state index in [4.69, 9.17) is 4.42 Å². The second kappa shape index (κ2) is 6.82. The summed E-state index contributed by atoms with van der Waals surface area (Å²) < 4.78 is 46.9. The largest absolute Gasteiger partial charge is 0.419 e. The Bertz CT molecular complexity index is 1130. The quantitative estimate of drug-likeness (QED) is 0.440. The van der Waals surface area contributed by atoms with Crippen LogP contribution in [0.15, 0.2) is 59.0 Å². The smallest absolute Gasteiger partial charge is 0.416 e. The Kier molecular flexibility index (Phi) is 4.45. The Labute approximate surface area is 159 Å². The van der Waals surface area contributed by atoms with Crippen molar-refractivity contribution < 1.29 is 17.6 Å². The SMILES string of the molecule is CC(C)c1nnc(-c2cc3ccccc3n2Cc2cccc(C(F)(F)F)c2)o1. The number of alkyl halides is 3. The van der Waals surface area contributed by atoms with Crippen LogP contribution in [0.1, 0.15) is 36.8 Å². The number of aromatic nitrogens is 3. The number of hydrogen-bond acceptors (Lipinski definition) is 3. The summed E-state index contributed by atoms with van der Waals surface area (Å²) in [6.07, 6.45) is -4.38. The highest BCUT2D eigenvalue weighted by Gasteiger charge is 2.30. The highest BCUT2D eigenvalue weighted by atomic mass is 19.4. The van der Waals surface area contributed by atoms with Gasteiger partial charge in [0.2, 0.25) is 5.89 Å². The molecule has 0 aliphatic carbocycles. The van der Waals surface area contributed by atoms with Gasteiger partial charge in [-0.05, 0) is 29.8 Å². The third-order valence-electron chi connectivity index (χ3n) is 4.56. The molecule has 28 heavy (non-hydrogen) atoms. The Morgan fingerprint density at radius 3 is 2.50 bits per heavy atom. The fraction of sp³-hybridized carbons (Fsp3) is 0.238. The lowest BCUT2D eigenvalue weighted by atomic mass is 10.1. The number of hydrogen-bond donors (Lipinski definition) is 0. The van der Waals surface area contributed by atoms with Gasteiger partial charge in [-0.15, -0.1) is 10.2 Å². The summed E-state index contributed by atoms with van der Waals surface area (Å²) in [7, 11) is 0. The molecule has 4 nitrogen and oxygen atoms in total. The molecule has 0 radical (unpaired) electrons. The van der Waals surface area contributed by atoms with Crippen LogP contribution in [0.2, 0.25) is 0 Å². The summed E-state index contributed by atoms with van der Waals surface area (Å²) in [5, 5.41) is 9.18. The van der Waals surface area contributed by atoms with Gasteiger partial charge in [0.25, 0.3) is 5.89 Å². The summed E-state index contributed by atoms with van der Waals surface area (Å²) in [4.78, 5) is 0. The Balaban J connectivity index is 1.82. The van der Waals surface area contributed by atoms with E-state index in [1.54, 1.807) is 6.07 Å². The molecule has 0 amide bonds. The van der Waals surface area contributed by atoms with Gasteiger partial charge in [0.05, 0.1) is 5.56 Å². The van der Waals surface area contributed by atoms with E-state index in [0.29, 0.717) is 23.0 Å². The Morgan fingerprint density at radius 1 is 1.00 bits per heavy atom. The van der Waals surface area contributed by atoms with E-state index in [1.807, 2.05) is 48.7 Å². The second-order valence-electron chi connectivity index (χ2n) is 6.97. The van der Waals surface area contributed by atoms with Crippen LogP contribution < -0.4 is 0 Å². The third-order valence-corrected chi connectivity index (χ3v) is 4.56. The third kappa shape index (κ3) is 3.40. The predicted octanol–water partition coefficient (Wildman–Crippen LogP) is 5.88. The molecule has 0 N–H and O–H groups in total. The fourth-order valence-corrected chi connectivity index (χ4v) is 3.16. The topological polar surface area (TPSA) is 43.9 Å². The van der Waals surface area contributed by atoms with Gasteiger partial charge >= 0.3 is 6.18 Å². The van der Waals surface area contributed by atoms with Crippen LogP contribution in [-0.2, 0) is 12.7 Å². The van der Waals surface area contributed by atoms with Crippen LogP contribution in [0.25, 0.3) is 22.5 Å². The van der Waals surface area contributed by atoms with Crippen LogP contribution >= 0.6 is 0 Å². The maximum Gasteiger partial charge on any atom is 0.416 e.